The fraction of sp³-hybridized carbons (Fsp3) is 0.212. The number of thiophene rings is 1. The molecular weight excluding hydrogens is 600 g/mol. The number of benzene rings is 2. The Bertz CT molecular complexity index is 1920. The smallest absolute Gasteiger partial charge is 0.240 e. The van der Waals surface area contributed by atoms with E-state index in [1.807, 2.05) is 18.2 Å². The number of nitrogens with zero attached hydrogens (tertiary/aromatic N) is 2. The van der Waals surface area contributed by atoms with E-state index < -0.39 is 28.9 Å². The largest absolute Gasteiger partial charge is 0.453 e. The molecule has 1 aliphatic rings. The molecule has 230 valence electrons. The summed E-state index contributed by atoms with van der Waals surface area (Å²) in [5, 5.41) is 8.49. The molecule has 2 aromatic carbocycles. The Morgan fingerprint density at radius 2 is 1.71 bits per heavy atom. The minimum absolute atomic E-state index is 0.0625. The zero-order valence-corrected chi connectivity index (χ0v) is 25.0. The van der Waals surface area contributed by atoms with Gasteiger partial charge in [-0.1, -0.05) is 6.07 Å². The van der Waals surface area contributed by atoms with Crippen molar-refractivity contribution >= 4 is 44.7 Å². The summed E-state index contributed by atoms with van der Waals surface area (Å²) in [6, 6.07) is 16.5. The van der Waals surface area contributed by atoms with Crippen LogP contribution in [0.1, 0.15) is 19.8 Å². The van der Waals surface area contributed by atoms with Gasteiger partial charge < -0.3 is 25.4 Å². The summed E-state index contributed by atoms with van der Waals surface area (Å²) in [5.41, 5.74) is 1.27. The SMILES string of the molecule is [2H]c1nc(-c2cc3nccc(Oc4ccc(NC(=O)C5(C(=O)Nc6ccc(F)cc6)CC5)cc4F)c3s2)ccc1CNCCOC. The molecule has 1 aliphatic carbocycles. The highest BCUT2D eigenvalue weighted by atomic mass is 32.1. The minimum Gasteiger partial charge on any atom is -0.453 e. The standard InChI is InChI=1S/C33H29F2N5O4S/c1-43-15-14-36-18-20-2-8-25(38-19-20)29-17-26-30(45-29)28(10-13-37-26)44-27-9-7-23(16-24(27)35)40-32(42)33(11-12-33)31(41)39-22-5-3-21(34)4-6-22/h2-10,13,16-17,19,36H,11-12,14-15,18H2,1H3,(H,39,41)(H,40,42)/i19D. The predicted molar refractivity (Wildman–Crippen MR) is 168 cm³/mol. The Kier molecular flexibility index (Phi) is 8.41. The molecule has 6 rings (SSSR count). The van der Waals surface area contributed by atoms with Crippen molar-refractivity contribution in [3.05, 3.63) is 96.3 Å². The van der Waals surface area contributed by atoms with Gasteiger partial charge >= 0.3 is 0 Å². The molecule has 0 unspecified atom stereocenters. The van der Waals surface area contributed by atoms with Crippen LogP contribution in [0.5, 0.6) is 11.5 Å². The minimum atomic E-state index is -1.28. The van der Waals surface area contributed by atoms with Crippen LogP contribution in [0.4, 0.5) is 20.2 Å². The van der Waals surface area contributed by atoms with E-state index in [2.05, 4.69) is 25.9 Å². The highest BCUT2D eigenvalue weighted by Gasteiger charge is 2.56. The van der Waals surface area contributed by atoms with Crippen LogP contribution in [-0.4, -0.2) is 42.0 Å². The van der Waals surface area contributed by atoms with Crippen LogP contribution in [0.3, 0.4) is 0 Å². The molecule has 9 nitrogen and oxygen atoms in total. The van der Waals surface area contributed by atoms with E-state index in [0.29, 0.717) is 59.9 Å². The van der Waals surface area contributed by atoms with Gasteiger partial charge in [-0.05, 0) is 66.9 Å². The average molecular weight is 631 g/mol. The summed E-state index contributed by atoms with van der Waals surface area (Å²) in [5.74, 6) is -1.89. The lowest BCUT2D eigenvalue weighted by molar-refractivity contribution is -0.131. The second kappa shape index (κ2) is 13.1. The summed E-state index contributed by atoms with van der Waals surface area (Å²) in [6.45, 7) is 1.74. The average Bonchev–Trinajstić information content (AvgIpc) is 3.75. The van der Waals surface area contributed by atoms with E-state index in [1.165, 1.54) is 47.7 Å². The van der Waals surface area contributed by atoms with Crippen molar-refractivity contribution in [1.29, 1.82) is 0 Å². The Morgan fingerprint density at radius 3 is 2.42 bits per heavy atom. The Morgan fingerprint density at radius 1 is 0.956 bits per heavy atom. The third kappa shape index (κ3) is 6.83. The molecule has 0 saturated heterocycles. The summed E-state index contributed by atoms with van der Waals surface area (Å²) in [4.78, 5) is 35.5. The highest BCUT2D eigenvalue weighted by Crippen LogP contribution is 2.48. The molecule has 5 aromatic rings. The van der Waals surface area contributed by atoms with Crippen molar-refractivity contribution in [2.45, 2.75) is 19.4 Å². The number of halogens is 2. The van der Waals surface area contributed by atoms with E-state index in [1.54, 1.807) is 19.4 Å². The van der Waals surface area contributed by atoms with Gasteiger partial charge in [-0.2, -0.15) is 0 Å². The fourth-order valence-corrected chi connectivity index (χ4v) is 5.67. The molecule has 2 amide bonds. The molecule has 0 bridgehead atoms. The summed E-state index contributed by atoms with van der Waals surface area (Å²) >= 11 is 1.36. The first-order valence-electron chi connectivity index (χ1n) is 14.7. The highest BCUT2D eigenvalue weighted by molar-refractivity contribution is 7.22. The lowest BCUT2D eigenvalue weighted by Crippen LogP contribution is -2.35. The van der Waals surface area contributed by atoms with Gasteiger partial charge in [0.2, 0.25) is 11.8 Å². The van der Waals surface area contributed by atoms with E-state index >= 15 is 4.39 Å². The first-order chi connectivity index (χ1) is 22.3. The maximum Gasteiger partial charge on any atom is 0.240 e. The third-order valence-corrected chi connectivity index (χ3v) is 8.48. The second-order valence-electron chi connectivity index (χ2n) is 10.5. The molecule has 3 N–H and O–H groups in total. The lowest BCUT2D eigenvalue weighted by Gasteiger charge is -2.16. The monoisotopic (exact) mass is 630 g/mol. The van der Waals surface area contributed by atoms with Crippen molar-refractivity contribution in [1.82, 2.24) is 15.3 Å². The van der Waals surface area contributed by atoms with E-state index in [-0.39, 0.29) is 17.6 Å². The number of nitrogens with one attached hydrogen (secondary N) is 3. The lowest BCUT2D eigenvalue weighted by atomic mass is 10.0. The van der Waals surface area contributed by atoms with Crippen LogP contribution in [-0.2, 0) is 20.9 Å². The molecular formula is C33H29F2N5O4S. The number of carbonyl (C=O) groups is 2. The molecule has 1 fully saturated rings. The summed E-state index contributed by atoms with van der Waals surface area (Å²) < 4.78 is 48.4. The van der Waals surface area contributed by atoms with Crippen LogP contribution < -0.4 is 20.7 Å². The van der Waals surface area contributed by atoms with Gasteiger partial charge in [0.15, 0.2) is 11.6 Å². The normalized spacial score (nSPS) is 13.7. The number of hydrogen-bond acceptors (Lipinski definition) is 8. The van der Waals surface area contributed by atoms with Crippen molar-refractivity contribution in [2.75, 3.05) is 30.9 Å². The Hall–Kier alpha value is -4.78. The van der Waals surface area contributed by atoms with E-state index in [4.69, 9.17) is 10.8 Å². The van der Waals surface area contributed by atoms with Gasteiger partial charge in [0, 0.05) is 56.1 Å². The van der Waals surface area contributed by atoms with Gasteiger partial charge in [0.05, 0.1) is 28.8 Å². The van der Waals surface area contributed by atoms with Crippen LogP contribution in [0, 0.1) is 17.0 Å². The molecule has 45 heavy (non-hydrogen) atoms. The number of fused-ring (bicyclic) bond motifs is 1. The van der Waals surface area contributed by atoms with Gasteiger partial charge in [-0.3, -0.25) is 19.6 Å². The molecule has 12 heteroatoms. The number of ether oxygens (including phenoxy) is 2. The molecule has 0 radical (unpaired) electrons. The number of hydrogen-bond donors (Lipinski definition) is 3. The number of amides is 2. The zero-order valence-electron chi connectivity index (χ0n) is 25.2. The van der Waals surface area contributed by atoms with Crippen LogP contribution in [0.25, 0.3) is 20.8 Å². The first kappa shape index (κ1) is 29.0. The molecule has 3 aromatic heterocycles. The van der Waals surface area contributed by atoms with Crippen molar-refractivity contribution < 1.29 is 29.2 Å². The van der Waals surface area contributed by atoms with E-state index in [9.17, 15) is 14.0 Å². The number of rotatable bonds is 12. The molecule has 0 spiro atoms. The number of anilines is 2. The maximum absolute atomic E-state index is 15.2. The van der Waals surface area contributed by atoms with Gasteiger partial charge in [-0.15, -0.1) is 11.3 Å². The molecule has 3 heterocycles. The fourth-order valence-electron chi connectivity index (χ4n) is 4.64. The van der Waals surface area contributed by atoms with Crippen molar-refractivity contribution in [3.63, 3.8) is 0 Å². The van der Waals surface area contributed by atoms with Gasteiger partial charge in [0.25, 0.3) is 0 Å². The van der Waals surface area contributed by atoms with E-state index in [0.717, 1.165) is 16.5 Å². The van der Waals surface area contributed by atoms with Gasteiger partial charge in [-0.25, -0.2) is 8.78 Å². The van der Waals surface area contributed by atoms with Crippen LogP contribution in [0.15, 0.2) is 79.1 Å². The second-order valence-corrected chi connectivity index (χ2v) is 11.6. The molecule has 1 saturated carbocycles. The summed E-state index contributed by atoms with van der Waals surface area (Å²) in [7, 11) is 1.63. The Balaban J connectivity index is 1.13. The van der Waals surface area contributed by atoms with Gasteiger partial charge in [0.1, 0.15) is 17.0 Å². The number of carbonyl (C=O) groups excluding carboxylic acids is 2. The quantitative estimate of drug-likeness (QED) is 0.106. The van der Waals surface area contributed by atoms with Crippen molar-refractivity contribution in [2.24, 2.45) is 5.41 Å². The molecule has 0 atom stereocenters. The maximum atomic E-state index is 15.2. The zero-order chi connectivity index (χ0) is 32.3. The topological polar surface area (TPSA) is 114 Å². The van der Waals surface area contributed by atoms with Crippen molar-refractivity contribution in [3.8, 4) is 22.1 Å². The molecule has 0 aliphatic heterocycles. The van der Waals surface area contributed by atoms with Crippen LogP contribution >= 0.6 is 11.3 Å². The summed E-state index contributed by atoms with van der Waals surface area (Å²) in [6.07, 6.45) is 2.40. The first-order valence-corrected chi connectivity index (χ1v) is 15.0. The number of methoxy groups -OCH3 is 1. The Labute approximate surface area is 263 Å². The number of pyridine rings is 2. The van der Waals surface area contributed by atoms with Crippen LogP contribution in [0.2, 0.25) is 0 Å². The predicted octanol–water partition coefficient (Wildman–Crippen LogP) is 6.52. The third-order valence-electron chi connectivity index (χ3n) is 7.32. The number of aromatic nitrogens is 2.